The van der Waals surface area contributed by atoms with E-state index >= 15 is 0 Å². The van der Waals surface area contributed by atoms with Gasteiger partial charge in [0.2, 0.25) is 5.82 Å². The lowest BCUT2D eigenvalue weighted by Gasteiger charge is -2.11. The second-order valence-electron chi connectivity index (χ2n) is 4.50. The fraction of sp³-hybridized carbons (Fsp3) is 0.308. The molecular weight excluding hydrogens is 298 g/mol. The highest BCUT2D eigenvalue weighted by atomic mass is 19.3. The normalized spacial score (nSPS) is 10.8. The average Bonchev–Trinajstić information content (AvgIpc) is 2.71. The predicted octanol–water partition coefficient (Wildman–Crippen LogP) is 2.85. The topological polar surface area (TPSA) is 82.2 Å². The molecule has 7 nitrogen and oxygen atoms in total. The van der Waals surface area contributed by atoms with E-state index in [-0.39, 0.29) is 29.5 Å². The second kappa shape index (κ2) is 6.37. The molecule has 0 fully saturated rings. The Kier molecular flexibility index (Phi) is 4.54. The molecule has 0 spiro atoms. The van der Waals surface area contributed by atoms with Crippen molar-refractivity contribution >= 4 is 11.5 Å². The van der Waals surface area contributed by atoms with Crippen molar-refractivity contribution in [2.75, 3.05) is 5.32 Å². The van der Waals surface area contributed by atoms with Gasteiger partial charge in [0.05, 0.1) is 4.92 Å². The van der Waals surface area contributed by atoms with Gasteiger partial charge >= 0.3 is 12.3 Å². The summed E-state index contributed by atoms with van der Waals surface area (Å²) in [7, 11) is 1.56. The number of halogens is 2. The maximum atomic E-state index is 12.4. The second-order valence-corrected chi connectivity index (χ2v) is 4.50. The van der Waals surface area contributed by atoms with Gasteiger partial charge in [0.25, 0.3) is 0 Å². The molecule has 0 aliphatic heterocycles. The number of ether oxygens (including phenoxy) is 1. The number of hydrogen-bond donors (Lipinski definition) is 1. The molecule has 0 saturated heterocycles. The third kappa shape index (κ3) is 3.30. The number of para-hydroxylation sites is 1. The van der Waals surface area contributed by atoms with Gasteiger partial charge in [-0.3, -0.25) is 10.1 Å². The van der Waals surface area contributed by atoms with E-state index in [1.54, 1.807) is 25.2 Å². The molecule has 0 unspecified atom stereocenters. The monoisotopic (exact) mass is 312 g/mol. The van der Waals surface area contributed by atoms with Gasteiger partial charge in [0.1, 0.15) is 11.4 Å². The fourth-order valence-electron chi connectivity index (χ4n) is 2.10. The number of aromatic nitrogens is 2. The molecule has 1 N–H and O–H groups in total. The lowest BCUT2D eigenvalue weighted by molar-refractivity contribution is -0.384. The van der Waals surface area contributed by atoms with E-state index < -0.39 is 11.5 Å². The Balaban J connectivity index is 2.23. The van der Waals surface area contributed by atoms with Crippen LogP contribution < -0.4 is 10.1 Å². The molecule has 1 aromatic carbocycles. The molecule has 0 aliphatic carbocycles. The van der Waals surface area contributed by atoms with Gasteiger partial charge in [-0.25, -0.2) is 4.68 Å². The van der Waals surface area contributed by atoms with Crippen LogP contribution >= 0.6 is 0 Å². The first-order chi connectivity index (χ1) is 10.4. The minimum Gasteiger partial charge on any atom is -0.434 e. The Morgan fingerprint density at radius 3 is 2.77 bits per heavy atom. The highest BCUT2D eigenvalue weighted by molar-refractivity contribution is 5.59. The van der Waals surface area contributed by atoms with Crippen LogP contribution in [0.4, 0.5) is 20.3 Å². The zero-order valence-electron chi connectivity index (χ0n) is 11.9. The van der Waals surface area contributed by atoms with Gasteiger partial charge in [-0.2, -0.15) is 13.9 Å². The molecule has 22 heavy (non-hydrogen) atoms. The molecule has 0 atom stereocenters. The van der Waals surface area contributed by atoms with Crippen LogP contribution in [0.25, 0.3) is 0 Å². The summed E-state index contributed by atoms with van der Waals surface area (Å²) in [6.07, 6.45) is 0. The van der Waals surface area contributed by atoms with Crippen molar-refractivity contribution in [1.82, 2.24) is 9.78 Å². The number of alkyl halides is 2. The minimum atomic E-state index is -2.94. The van der Waals surface area contributed by atoms with Gasteiger partial charge in [-0.1, -0.05) is 18.2 Å². The van der Waals surface area contributed by atoms with Crippen molar-refractivity contribution in [3.63, 3.8) is 0 Å². The third-order valence-electron chi connectivity index (χ3n) is 3.01. The molecule has 1 heterocycles. The summed E-state index contributed by atoms with van der Waals surface area (Å²) in [5.74, 6) is 0.223. The van der Waals surface area contributed by atoms with Crippen molar-refractivity contribution in [3.05, 3.63) is 45.6 Å². The highest BCUT2D eigenvalue weighted by Crippen LogP contribution is 2.29. The first kappa shape index (κ1) is 15.7. The van der Waals surface area contributed by atoms with Crippen molar-refractivity contribution < 1.29 is 18.4 Å². The lowest BCUT2D eigenvalue weighted by atomic mass is 10.2. The van der Waals surface area contributed by atoms with Gasteiger partial charge < -0.3 is 10.1 Å². The number of rotatable bonds is 6. The Morgan fingerprint density at radius 1 is 1.45 bits per heavy atom. The molecule has 0 bridgehead atoms. The summed E-state index contributed by atoms with van der Waals surface area (Å²) in [6, 6.07) is 6.24. The van der Waals surface area contributed by atoms with Crippen LogP contribution in [-0.4, -0.2) is 21.3 Å². The maximum Gasteiger partial charge on any atom is 0.387 e. The molecule has 0 saturated carbocycles. The standard InChI is InChI=1S/C13H14F2N4O3/c1-8-11(19(20)21)12(18(2)17-8)16-7-9-5-3-4-6-10(9)22-13(14)15/h3-6,13,16H,7H2,1-2H3. The van der Waals surface area contributed by atoms with Gasteiger partial charge in [-0.05, 0) is 13.0 Å². The van der Waals surface area contributed by atoms with E-state index in [2.05, 4.69) is 15.2 Å². The first-order valence-electron chi connectivity index (χ1n) is 6.34. The summed E-state index contributed by atoms with van der Waals surface area (Å²) < 4.78 is 30.5. The predicted molar refractivity (Wildman–Crippen MR) is 75.0 cm³/mol. The minimum absolute atomic E-state index is 0.0199. The molecule has 0 amide bonds. The quantitative estimate of drug-likeness (QED) is 0.655. The van der Waals surface area contributed by atoms with Crippen LogP contribution in [0.5, 0.6) is 5.75 Å². The van der Waals surface area contributed by atoms with E-state index in [0.717, 1.165) is 0 Å². The first-order valence-corrected chi connectivity index (χ1v) is 6.34. The number of nitrogens with one attached hydrogen (secondary N) is 1. The SMILES string of the molecule is Cc1nn(C)c(NCc2ccccc2OC(F)F)c1[N+](=O)[O-]. The zero-order valence-corrected chi connectivity index (χ0v) is 11.9. The number of nitrogens with zero attached hydrogens (tertiary/aromatic N) is 3. The van der Waals surface area contributed by atoms with Crippen molar-refractivity contribution in [2.24, 2.45) is 7.05 Å². The highest BCUT2D eigenvalue weighted by Gasteiger charge is 2.23. The number of anilines is 1. The van der Waals surface area contributed by atoms with Crippen molar-refractivity contribution in [1.29, 1.82) is 0 Å². The van der Waals surface area contributed by atoms with Gasteiger partial charge in [0.15, 0.2) is 0 Å². The van der Waals surface area contributed by atoms with E-state index in [1.807, 2.05) is 0 Å². The number of aryl methyl sites for hydroxylation is 2. The Morgan fingerprint density at radius 2 is 2.14 bits per heavy atom. The van der Waals surface area contributed by atoms with E-state index in [4.69, 9.17) is 0 Å². The van der Waals surface area contributed by atoms with Crippen LogP contribution in [0.1, 0.15) is 11.3 Å². The van der Waals surface area contributed by atoms with Gasteiger partial charge in [-0.15, -0.1) is 0 Å². The van der Waals surface area contributed by atoms with Crippen LogP contribution in [0, 0.1) is 17.0 Å². The molecule has 0 aliphatic rings. The summed E-state index contributed by atoms with van der Waals surface area (Å²) in [4.78, 5) is 10.5. The van der Waals surface area contributed by atoms with E-state index in [0.29, 0.717) is 5.56 Å². The average molecular weight is 312 g/mol. The molecule has 118 valence electrons. The summed E-state index contributed by atoms with van der Waals surface area (Å²) in [5.41, 5.74) is 0.581. The van der Waals surface area contributed by atoms with Gasteiger partial charge in [0, 0.05) is 19.2 Å². The molecule has 2 rings (SSSR count). The fourth-order valence-corrected chi connectivity index (χ4v) is 2.10. The molecule has 0 radical (unpaired) electrons. The van der Waals surface area contributed by atoms with Crippen LogP contribution in [0.15, 0.2) is 24.3 Å². The largest absolute Gasteiger partial charge is 0.434 e. The number of benzene rings is 1. The van der Waals surface area contributed by atoms with Crippen LogP contribution in [-0.2, 0) is 13.6 Å². The van der Waals surface area contributed by atoms with Crippen LogP contribution in [0.3, 0.4) is 0 Å². The van der Waals surface area contributed by atoms with Crippen molar-refractivity contribution in [3.8, 4) is 5.75 Å². The molecule has 9 heteroatoms. The number of nitro groups is 1. The van der Waals surface area contributed by atoms with E-state index in [9.17, 15) is 18.9 Å². The zero-order chi connectivity index (χ0) is 16.3. The van der Waals surface area contributed by atoms with Crippen LogP contribution in [0.2, 0.25) is 0 Å². The summed E-state index contributed by atoms with van der Waals surface area (Å²) in [5, 5.41) is 17.9. The smallest absolute Gasteiger partial charge is 0.387 e. The third-order valence-corrected chi connectivity index (χ3v) is 3.01. The molecular formula is C13H14F2N4O3. The number of hydrogen-bond acceptors (Lipinski definition) is 5. The lowest BCUT2D eigenvalue weighted by Crippen LogP contribution is -2.09. The maximum absolute atomic E-state index is 12.4. The van der Waals surface area contributed by atoms with E-state index in [1.165, 1.54) is 17.7 Å². The summed E-state index contributed by atoms with van der Waals surface area (Å²) in [6.45, 7) is -1.32. The molecule has 1 aromatic heterocycles. The van der Waals surface area contributed by atoms with Crippen molar-refractivity contribution in [2.45, 2.75) is 20.1 Å². The Bertz CT molecular complexity index is 688. The Labute approximate surface area is 124 Å². The summed E-state index contributed by atoms with van der Waals surface area (Å²) >= 11 is 0. The molecule has 2 aromatic rings. The Hall–Kier alpha value is -2.71.